The molecule has 0 amide bonds. The van der Waals surface area contributed by atoms with Gasteiger partial charge in [0.15, 0.2) is 5.82 Å². The van der Waals surface area contributed by atoms with Crippen molar-refractivity contribution in [3.8, 4) is 5.75 Å². The van der Waals surface area contributed by atoms with Crippen LogP contribution < -0.4 is 10.1 Å². The van der Waals surface area contributed by atoms with Gasteiger partial charge in [-0.05, 0) is 47.5 Å². The van der Waals surface area contributed by atoms with Crippen molar-refractivity contribution in [2.75, 3.05) is 13.7 Å². The van der Waals surface area contributed by atoms with Gasteiger partial charge in [-0.2, -0.15) is 0 Å². The summed E-state index contributed by atoms with van der Waals surface area (Å²) in [6.07, 6.45) is 2.00. The van der Waals surface area contributed by atoms with Crippen LogP contribution in [0.1, 0.15) is 24.7 Å². The Bertz CT molecular complexity index is 509. The van der Waals surface area contributed by atoms with E-state index < -0.39 is 0 Å². The summed E-state index contributed by atoms with van der Waals surface area (Å²) >= 11 is 0. The zero-order valence-corrected chi connectivity index (χ0v) is 12.0. The van der Waals surface area contributed by atoms with Crippen molar-refractivity contribution in [1.82, 2.24) is 25.5 Å². The Kier molecular flexibility index (Phi) is 5.49. The van der Waals surface area contributed by atoms with Crippen molar-refractivity contribution < 1.29 is 4.74 Å². The summed E-state index contributed by atoms with van der Waals surface area (Å²) in [6.45, 7) is 4.61. The number of nitrogens with one attached hydrogen (secondary N) is 1. The summed E-state index contributed by atoms with van der Waals surface area (Å²) in [6, 6.07) is 8.08. The number of methoxy groups -OCH3 is 1. The van der Waals surface area contributed by atoms with Crippen LogP contribution in [0.3, 0.4) is 0 Å². The highest BCUT2D eigenvalue weighted by Crippen LogP contribution is 2.12. The molecule has 1 N–H and O–H groups in total. The highest BCUT2D eigenvalue weighted by atomic mass is 16.5. The smallest absolute Gasteiger partial charge is 0.165 e. The second kappa shape index (κ2) is 7.59. The van der Waals surface area contributed by atoms with Gasteiger partial charge in [-0.3, -0.25) is 0 Å². The molecule has 0 atom stereocenters. The molecule has 108 valence electrons. The molecule has 1 heterocycles. The fraction of sp³-hybridized carbons (Fsp3) is 0.500. The van der Waals surface area contributed by atoms with Crippen LogP contribution in [-0.4, -0.2) is 33.9 Å². The number of ether oxygens (including phenoxy) is 1. The van der Waals surface area contributed by atoms with E-state index >= 15 is 0 Å². The van der Waals surface area contributed by atoms with Crippen LogP contribution in [0, 0.1) is 0 Å². The van der Waals surface area contributed by atoms with E-state index in [0.29, 0.717) is 6.54 Å². The van der Waals surface area contributed by atoms with Gasteiger partial charge in [-0.1, -0.05) is 19.1 Å². The average Bonchev–Trinajstić information content (AvgIpc) is 2.93. The molecule has 0 spiro atoms. The molecule has 0 bridgehead atoms. The van der Waals surface area contributed by atoms with Gasteiger partial charge in [0.25, 0.3) is 0 Å². The Morgan fingerprint density at radius 1 is 1.25 bits per heavy atom. The van der Waals surface area contributed by atoms with Crippen LogP contribution in [0.25, 0.3) is 0 Å². The third kappa shape index (κ3) is 4.03. The molecular weight excluding hydrogens is 254 g/mol. The maximum absolute atomic E-state index is 5.15. The number of hydrogen-bond donors (Lipinski definition) is 1. The molecular formula is C14H21N5O. The molecule has 0 aliphatic carbocycles. The SMILES string of the molecule is CCCNCc1nnnn1CCc1ccc(OC)cc1. The fourth-order valence-corrected chi connectivity index (χ4v) is 1.93. The van der Waals surface area contributed by atoms with E-state index in [0.717, 1.165) is 37.5 Å². The summed E-state index contributed by atoms with van der Waals surface area (Å²) in [4.78, 5) is 0. The van der Waals surface area contributed by atoms with Crippen LogP contribution >= 0.6 is 0 Å². The lowest BCUT2D eigenvalue weighted by molar-refractivity contribution is 0.414. The molecule has 2 rings (SSSR count). The van der Waals surface area contributed by atoms with Crippen molar-refractivity contribution >= 4 is 0 Å². The molecule has 0 aliphatic heterocycles. The minimum Gasteiger partial charge on any atom is -0.497 e. The topological polar surface area (TPSA) is 64.9 Å². The van der Waals surface area contributed by atoms with E-state index in [-0.39, 0.29) is 0 Å². The van der Waals surface area contributed by atoms with Crippen molar-refractivity contribution in [3.05, 3.63) is 35.7 Å². The molecule has 0 unspecified atom stereocenters. The number of nitrogens with zero attached hydrogens (tertiary/aromatic N) is 4. The van der Waals surface area contributed by atoms with Crippen molar-refractivity contribution in [2.24, 2.45) is 0 Å². The number of aryl methyl sites for hydroxylation is 2. The lowest BCUT2D eigenvalue weighted by atomic mass is 10.1. The van der Waals surface area contributed by atoms with Gasteiger partial charge in [-0.15, -0.1) is 5.10 Å². The summed E-state index contributed by atoms with van der Waals surface area (Å²) in [5.41, 5.74) is 1.24. The lowest BCUT2D eigenvalue weighted by Gasteiger charge is -2.06. The minimum absolute atomic E-state index is 0.712. The Morgan fingerprint density at radius 3 is 2.75 bits per heavy atom. The van der Waals surface area contributed by atoms with Gasteiger partial charge in [0, 0.05) is 6.54 Å². The fourth-order valence-electron chi connectivity index (χ4n) is 1.93. The first kappa shape index (κ1) is 14.5. The lowest BCUT2D eigenvalue weighted by Crippen LogP contribution is -2.18. The third-order valence-corrected chi connectivity index (χ3v) is 3.09. The second-order valence-corrected chi connectivity index (χ2v) is 4.59. The summed E-state index contributed by atoms with van der Waals surface area (Å²) < 4.78 is 7.00. The molecule has 6 nitrogen and oxygen atoms in total. The van der Waals surface area contributed by atoms with E-state index in [2.05, 4.69) is 39.9 Å². The Hall–Kier alpha value is -1.95. The van der Waals surface area contributed by atoms with Gasteiger partial charge < -0.3 is 10.1 Å². The number of rotatable bonds is 8. The predicted molar refractivity (Wildman–Crippen MR) is 76.5 cm³/mol. The summed E-state index contributed by atoms with van der Waals surface area (Å²) in [7, 11) is 1.67. The standard InChI is InChI=1S/C14H21N5O/c1-3-9-15-11-14-16-17-18-19(14)10-8-12-4-6-13(20-2)7-5-12/h4-7,15H,3,8-11H2,1-2H3. The van der Waals surface area contributed by atoms with Crippen molar-refractivity contribution in [1.29, 1.82) is 0 Å². The van der Waals surface area contributed by atoms with Crippen LogP contribution in [0.4, 0.5) is 0 Å². The Morgan fingerprint density at radius 2 is 2.05 bits per heavy atom. The molecule has 1 aromatic heterocycles. The van der Waals surface area contributed by atoms with Gasteiger partial charge in [-0.25, -0.2) is 4.68 Å². The molecule has 1 aromatic carbocycles. The summed E-state index contributed by atoms with van der Waals surface area (Å²) in [5.74, 6) is 1.76. The molecule has 0 fully saturated rings. The van der Waals surface area contributed by atoms with E-state index in [4.69, 9.17) is 4.74 Å². The van der Waals surface area contributed by atoms with Crippen LogP contribution in [0.15, 0.2) is 24.3 Å². The van der Waals surface area contributed by atoms with Gasteiger partial charge in [0.05, 0.1) is 13.7 Å². The minimum atomic E-state index is 0.712. The Labute approximate surface area is 119 Å². The van der Waals surface area contributed by atoms with Crippen molar-refractivity contribution in [2.45, 2.75) is 32.9 Å². The van der Waals surface area contributed by atoms with Crippen LogP contribution in [0.2, 0.25) is 0 Å². The zero-order valence-electron chi connectivity index (χ0n) is 12.0. The van der Waals surface area contributed by atoms with E-state index in [9.17, 15) is 0 Å². The highest BCUT2D eigenvalue weighted by molar-refractivity contribution is 5.27. The molecule has 0 saturated carbocycles. The molecule has 0 radical (unpaired) electrons. The maximum Gasteiger partial charge on any atom is 0.165 e. The number of aromatic nitrogens is 4. The number of benzene rings is 1. The number of tetrazole rings is 1. The third-order valence-electron chi connectivity index (χ3n) is 3.09. The zero-order chi connectivity index (χ0) is 14.2. The molecule has 20 heavy (non-hydrogen) atoms. The van der Waals surface area contributed by atoms with E-state index in [1.165, 1.54) is 5.56 Å². The summed E-state index contributed by atoms with van der Waals surface area (Å²) in [5, 5.41) is 15.1. The Balaban J connectivity index is 1.88. The maximum atomic E-state index is 5.15. The van der Waals surface area contributed by atoms with Gasteiger partial charge >= 0.3 is 0 Å². The highest BCUT2D eigenvalue weighted by Gasteiger charge is 2.05. The molecule has 2 aromatic rings. The van der Waals surface area contributed by atoms with Crippen LogP contribution in [-0.2, 0) is 19.5 Å². The van der Waals surface area contributed by atoms with Gasteiger partial charge in [0.2, 0.25) is 0 Å². The second-order valence-electron chi connectivity index (χ2n) is 4.59. The number of hydrogen-bond acceptors (Lipinski definition) is 5. The first-order chi connectivity index (χ1) is 9.83. The first-order valence-corrected chi connectivity index (χ1v) is 6.92. The predicted octanol–water partition coefficient (Wildman–Crippen LogP) is 1.42. The largest absolute Gasteiger partial charge is 0.497 e. The molecule has 0 saturated heterocycles. The van der Waals surface area contributed by atoms with E-state index in [1.807, 2.05) is 16.8 Å². The molecule has 6 heteroatoms. The normalized spacial score (nSPS) is 10.7. The van der Waals surface area contributed by atoms with Gasteiger partial charge in [0.1, 0.15) is 5.75 Å². The first-order valence-electron chi connectivity index (χ1n) is 6.92. The van der Waals surface area contributed by atoms with Crippen molar-refractivity contribution in [3.63, 3.8) is 0 Å². The van der Waals surface area contributed by atoms with Crippen LogP contribution in [0.5, 0.6) is 5.75 Å². The monoisotopic (exact) mass is 275 g/mol. The quantitative estimate of drug-likeness (QED) is 0.738. The van der Waals surface area contributed by atoms with E-state index in [1.54, 1.807) is 7.11 Å². The molecule has 0 aliphatic rings. The average molecular weight is 275 g/mol.